The van der Waals surface area contributed by atoms with Gasteiger partial charge < -0.3 is 4.74 Å². The maximum atomic E-state index is 5.73. The minimum atomic E-state index is 0. The van der Waals surface area contributed by atoms with Crippen LogP contribution < -0.4 is 0 Å². The van der Waals surface area contributed by atoms with Gasteiger partial charge in [-0.3, -0.25) is 4.90 Å². The molecule has 86 valence electrons. The molecule has 1 fully saturated rings. The van der Waals surface area contributed by atoms with Gasteiger partial charge in [0.05, 0.1) is 6.61 Å². The fourth-order valence-corrected chi connectivity index (χ4v) is 2.68. The minimum absolute atomic E-state index is 0. The average Bonchev–Trinajstić information content (AvgIpc) is 2.71. The molecule has 15 heavy (non-hydrogen) atoms. The third kappa shape index (κ3) is 3.61. The summed E-state index contributed by atoms with van der Waals surface area (Å²) < 4.78 is 5.72. The van der Waals surface area contributed by atoms with E-state index in [0.29, 0.717) is 5.88 Å². The Labute approximate surface area is 106 Å². The van der Waals surface area contributed by atoms with Crippen molar-refractivity contribution in [1.82, 2.24) is 4.90 Å². The normalized spacial score (nSPS) is 22.3. The molecule has 0 saturated carbocycles. The van der Waals surface area contributed by atoms with Gasteiger partial charge in [-0.15, -0.1) is 35.3 Å². The lowest BCUT2D eigenvalue weighted by Crippen LogP contribution is -2.39. The molecule has 1 unspecified atom stereocenters. The first-order valence-corrected chi connectivity index (χ1v) is 6.25. The third-order valence-corrected chi connectivity index (χ3v) is 3.55. The van der Waals surface area contributed by atoms with E-state index in [1.165, 1.54) is 4.88 Å². The minimum Gasteiger partial charge on any atom is -0.370 e. The van der Waals surface area contributed by atoms with Crippen LogP contribution in [0.5, 0.6) is 0 Å². The standard InChI is InChI=1S/C10H14ClNOS.ClH/c11-3-4-12-5-6-13-9(8-12)10-2-1-7-14-10;/h1-2,7,9H,3-6,8H2;1H. The molecule has 0 amide bonds. The number of halogens is 2. The van der Waals surface area contributed by atoms with Crippen molar-refractivity contribution in [1.29, 1.82) is 0 Å². The highest BCUT2D eigenvalue weighted by atomic mass is 35.5. The average molecular weight is 268 g/mol. The van der Waals surface area contributed by atoms with Crippen molar-refractivity contribution in [2.45, 2.75) is 6.10 Å². The molecule has 2 nitrogen and oxygen atoms in total. The van der Waals surface area contributed by atoms with Crippen molar-refractivity contribution < 1.29 is 4.74 Å². The van der Waals surface area contributed by atoms with Crippen molar-refractivity contribution in [3.63, 3.8) is 0 Å². The number of thiophene rings is 1. The Morgan fingerprint density at radius 2 is 2.47 bits per heavy atom. The molecule has 2 rings (SSSR count). The lowest BCUT2D eigenvalue weighted by Gasteiger charge is -2.31. The number of morpholine rings is 1. The van der Waals surface area contributed by atoms with Gasteiger partial charge in [0.1, 0.15) is 6.10 Å². The molecule has 0 radical (unpaired) electrons. The summed E-state index contributed by atoms with van der Waals surface area (Å²) in [5, 5.41) is 2.10. The van der Waals surface area contributed by atoms with E-state index >= 15 is 0 Å². The van der Waals surface area contributed by atoms with E-state index in [1.54, 1.807) is 11.3 Å². The van der Waals surface area contributed by atoms with E-state index in [0.717, 1.165) is 26.2 Å². The molecule has 1 aromatic heterocycles. The number of alkyl halides is 1. The fourth-order valence-electron chi connectivity index (χ4n) is 1.67. The second-order valence-corrected chi connectivity index (χ2v) is 4.72. The van der Waals surface area contributed by atoms with Gasteiger partial charge in [0.2, 0.25) is 0 Å². The van der Waals surface area contributed by atoms with E-state index in [9.17, 15) is 0 Å². The highest BCUT2D eigenvalue weighted by Crippen LogP contribution is 2.25. The predicted octanol–water partition coefficient (Wildman–Crippen LogP) is 2.78. The molecule has 1 aromatic rings. The summed E-state index contributed by atoms with van der Waals surface area (Å²) in [5.74, 6) is 0.706. The molecule has 0 bridgehead atoms. The molecule has 0 N–H and O–H groups in total. The maximum Gasteiger partial charge on any atom is 0.104 e. The van der Waals surface area contributed by atoms with Crippen LogP contribution in [-0.2, 0) is 4.74 Å². The highest BCUT2D eigenvalue weighted by molar-refractivity contribution is 7.10. The fraction of sp³-hybridized carbons (Fsp3) is 0.600. The summed E-state index contributed by atoms with van der Waals surface area (Å²) in [6.07, 6.45) is 0.256. The number of hydrogen-bond acceptors (Lipinski definition) is 3. The van der Waals surface area contributed by atoms with Gasteiger partial charge in [-0.05, 0) is 11.4 Å². The third-order valence-electron chi connectivity index (χ3n) is 2.41. The highest BCUT2D eigenvalue weighted by Gasteiger charge is 2.21. The molecule has 5 heteroatoms. The van der Waals surface area contributed by atoms with Crippen LogP contribution in [0.15, 0.2) is 17.5 Å². The summed E-state index contributed by atoms with van der Waals surface area (Å²) in [6, 6.07) is 4.21. The topological polar surface area (TPSA) is 12.5 Å². The summed E-state index contributed by atoms with van der Waals surface area (Å²) >= 11 is 7.49. The lowest BCUT2D eigenvalue weighted by molar-refractivity contribution is -0.0260. The quantitative estimate of drug-likeness (QED) is 0.782. The van der Waals surface area contributed by atoms with Crippen LogP contribution >= 0.6 is 35.3 Å². The van der Waals surface area contributed by atoms with E-state index in [-0.39, 0.29) is 18.5 Å². The van der Waals surface area contributed by atoms with Crippen LogP contribution in [0.25, 0.3) is 0 Å². The molecule has 0 aliphatic carbocycles. The Kier molecular flexibility index (Phi) is 5.94. The molecule has 1 aliphatic rings. The molecular formula is C10H15Cl2NOS. The summed E-state index contributed by atoms with van der Waals surface area (Å²) in [5.41, 5.74) is 0. The van der Waals surface area contributed by atoms with E-state index in [2.05, 4.69) is 22.4 Å². The van der Waals surface area contributed by atoms with Gasteiger partial charge in [-0.2, -0.15) is 0 Å². The second kappa shape index (κ2) is 6.71. The monoisotopic (exact) mass is 267 g/mol. The second-order valence-electron chi connectivity index (χ2n) is 3.36. The number of ether oxygens (including phenoxy) is 1. The van der Waals surface area contributed by atoms with Gasteiger partial charge in [-0.25, -0.2) is 0 Å². The Balaban J connectivity index is 0.00000112. The number of nitrogens with zero attached hydrogens (tertiary/aromatic N) is 1. The van der Waals surface area contributed by atoms with Crippen LogP contribution in [-0.4, -0.2) is 37.0 Å². The Bertz CT molecular complexity index is 266. The molecule has 0 spiro atoms. The van der Waals surface area contributed by atoms with E-state index in [1.807, 2.05) is 0 Å². The zero-order valence-corrected chi connectivity index (χ0v) is 10.8. The van der Waals surface area contributed by atoms with Gasteiger partial charge in [0.15, 0.2) is 0 Å². The molecule has 1 aliphatic heterocycles. The zero-order valence-electron chi connectivity index (χ0n) is 8.39. The van der Waals surface area contributed by atoms with Crippen LogP contribution in [0.1, 0.15) is 11.0 Å². The van der Waals surface area contributed by atoms with Crippen LogP contribution in [0.4, 0.5) is 0 Å². The van der Waals surface area contributed by atoms with Crippen molar-refractivity contribution >= 4 is 35.3 Å². The SMILES string of the molecule is Cl.ClCCN1CCOC(c2cccs2)C1. The van der Waals surface area contributed by atoms with Gasteiger partial charge in [-0.1, -0.05) is 6.07 Å². The van der Waals surface area contributed by atoms with Crippen molar-refractivity contribution in [2.24, 2.45) is 0 Å². The lowest BCUT2D eigenvalue weighted by atomic mass is 10.2. The van der Waals surface area contributed by atoms with Crippen molar-refractivity contribution in [2.75, 3.05) is 32.1 Å². The summed E-state index contributed by atoms with van der Waals surface area (Å²) in [6.45, 7) is 3.77. The molecule has 0 aromatic carbocycles. The Morgan fingerprint density at radius 1 is 1.60 bits per heavy atom. The Morgan fingerprint density at radius 3 is 3.13 bits per heavy atom. The smallest absolute Gasteiger partial charge is 0.104 e. The van der Waals surface area contributed by atoms with Gasteiger partial charge in [0, 0.05) is 30.4 Å². The first-order valence-electron chi connectivity index (χ1n) is 4.83. The molecule has 1 atom stereocenters. The molecule has 1 saturated heterocycles. The van der Waals surface area contributed by atoms with Crippen LogP contribution in [0.2, 0.25) is 0 Å². The van der Waals surface area contributed by atoms with Gasteiger partial charge >= 0.3 is 0 Å². The van der Waals surface area contributed by atoms with Crippen LogP contribution in [0, 0.1) is 0 Å². The summed E-state index contributed by atoms with van der Waals surface area (Å²) in [4.78, 5) is 3.69. The number of hydrogen-bond donors (Lipinski definition) is 0. The van der Waals surface area contributed by atoms with Gasteiger partial charge in [0.25, 0.3) is 0 Å². The molecular weight excluding hydrogens is 253 g/mol. The largest absolute Gasteiger partial charge is 0.370 e. The first-order chi connectivity index (χ1) is 6.90. The zero-order chi connectivity index (χ0) is 9.80. The van der Waals surface area contributed by atoms with E-state index in [4.69, 9.17) is 16.3 Å². The van der Waals surface area contributed by atoms with Crippen molar-refractivity contribution in [3.05, 3.63) is 22.4 Å². The Hall–Kier alpha value is 0.200. The summed E-state index contributed by atoms with van der Waals surface area (Å²) in [7, 11) is 0. The first kappa shape index (κ1) is 13.3. The van der Waals surface area contributed by atoms with Crippen molar-refractivity contribution in [3.8, 4) is 0 Å². The number of rotatable bonds is 3. The maximum absolute atomic E-state index is 5.73. The predicted molar refractivity (Wildman–Crippen MR) is 67.4 cm³/mol. The van der Waals surface area contributed by atoms with Crippen LogP contribution in [0.3, 0.4) is 0 Å². The van der Waals surface area contributed by atoms with E-state index < -0.39 is 0 Å². The molecule has 2 heterocycles.